The van der Waals surface area contributed by atoms with Crippen molar-refractivity contribution in [2.24, 2.45) is 7.05 Å². The maximum absolute atomic E-state index is 13.3. The second kappa shape index (κ2) is 12.1. The highest BCUT2D eigenvalue weighted by Crippen LogP contribution is 2.28. The lowest BCUT2D eigenvalue weighted by Crippen LogP contribution is -2.44. The zero-order valence-electron chi connectivity index (χ0n) is 18.9. The van der Waals surface area contributed by atoms with E-state index in [0.717, 1.165) is 16.1 Å². The summed E-state index contributed by atoms with van der Waals surface area (Å²) in [6.07, 6.45) is 3.09. The van der Waals surface area contributed by atoms with Crippen molar-refractivity contribution in [2.75, 3.05) is 33.4 Å². The molecule has 12 heteroatoms. The first kappa shape index (κ1) is 26.8. The van der Waals surface area contributed by atoms with Crippen LogP contribution in [0, 0.1) is 10.1 Å². The minimum atomic E-state index is -4.18. The summed E-state index contributed by atoms with van der Waals surface area (Å²) in [5.41, 5.74) is 0.376. The smallest absolute Gasteiger partial charge is 0.289 e. The highest BCUT2D eigenvalue weighted by atomic mass is 35.5. The van der Waals surface area contributed by atoms with Crippen LogP contribution in [0.25, 0.3) is 0 Å². The lowest BCUT2D eigenvalue weighted by atomic mass is 10.3. The lowest BCUT2D eigenvalue weighted by Gasteiger charge is -2.27. The number of nitrogens with zero attached hydrogens (tertiary/aromatic N) is 4. The van der Waals surface area contributed by atoms with Gasteiger partial charge in [0, 0.05) is 45.2 Å². The van der Waals surface area contributed by atoms with E-state index in [1.54, 1.807) is 0 Å². The largest absolute Gasteiger partial charge is 0.383 e. The number of carbonyl (C=O) groups excluding carboxylic acids is 1. The van der Waals surface area contributed by atoms with E-state index in [4.69, 9.17) is 16.3 Å². The van der Waals surface area contributed by atoms with Crippen LogP contribution in [0.1, 0.15) is 25.5 Å². The number of nitro groups is 1. The molecule has 0 saturated carbocycles. The van der Waals surface area contributed by atoms with Crippen molar-refractivity contribution in [1.29, 1.82) is 0 Å². The van der Waals surface area contributed by atoms with E-state index in [9.17, 15) is 23.3 Å². The van der Waals surface area contributed by atoms with Gasteiger partial charge in [-0.15, -0.1) is 0 Å². The molecule has 182 valence electrons. The highest BCUT2D eigenvalue weighted by molar-refractivity contribution is 7.89. The number of carbonyl (C=O) groups is 1. The Morgan fingerprint density at radius 1 is 1.27 bits per heavy atom. The number of aromatic nitrogens is 1. The first-order valence-corrected chi connectivity index (χ1v) is 12.2. The minimum absolute atomic E-state index is 0.100. The number of amides is 1. The Morgan fingerprint density at radius 3 is 2.58 bits per heavy atom. The van der Waals surface area contributed by atoms with Crippen LogP contribution in [0.15, 0.2) is 41.4 Å². The van der Waals surface area contributed by atoms with Gasteiger partial charge in [-0.1, -0.05) is 24.9 Å². The summed E-state index contributed by atoms with van der Waals surface area (Å²) >= 11 is 5.83. The van der Waals surface area contributed by atoms with Gasteiger partial charge in [-0.05, 0) is 30.7 Å². The highest BCUT2D eigenvalue weighted by Gasteiger charge is 2.30. The molecule has 0 spiro atoms. The van der Waals surface area contributed by atoms with Gasteiger partial charge in [0.2, 0.25) is 15.9 Å². The SMILES string of the molecule is CCCCN(CC(=O)N(CCOC)Cc1cccn1C)S(=O)(=O)c1ccc(Cl)c([N+](=O)[O-])c1. The molecule has 0 saturated heterocycles. The molecular weight excluding hydrogens is 472 g/mol. The fourth-order valence-corrected chi connectivity index (χ4v) is 4.80. The summed E-state index contributed by atoms with van der Waals surface area (Å²) in [6, 6.07) is 7.05. The quantitative estimate of drug-likeness (QED) is 0.308. The average Bonchev–Trinajstić information content (AvgIpc) is 3.17. The monoisotopic (exact) mass is 500 g/mol. The molecule has 0 bridgehead atoms. The molecule has 2 rings (SSSR count). The number of nitro benzene ring substituents is 1. The molecular formula is C21H29ClN4O6S. The van der Waals surface area contributed by atoms with Crippen molar-refractivity contribution in [1.82, 2.24) is 13.8 Å². The molecule has 0 atom stereocenters. The number of hydrogen-bond donors (Lipinski definition) is 0. The Labute approximate surface area is 198 Å². The van der Waals surface area contributed by atoms with Crippen LogP contribution in [0.5, 0.6) is 0 Å². The number of rotatable bonds is 13. The van der Waals surface area contributed by atoms with Gasteiger partial charge in [-0.3, -0.25) is 14.9 Å². The van der Waals surface area contributed by atoms with Crippen molar-refractivity contribution in [3.05, 3.63) is 57.4 Å². The van der Waals surface area contributed by atoms with Crippen LogP contribution in [0.3, 0.4) is 0 Å². The number of benzene rings is 1. The molecule has 0 radical (unpaired) electrons. The first-order chi connectivity index (χ1) is 15.6. The minimum Gasteiger partial charge on any atom is -0.383 e. The van der Waals surface area contributed by atoms with E-state index in [2.05, 4.69) is 0 Å². The lowest BCUT2D eigenvalue weighted by molar-refractivity contribution is -0.384. The molecule has 2 aromatic rings. The third-order valence-corrected chi connectivity index (χ3v) is 7.31. The zero-order valence-corrected chi connectivity index (χ0v) is 20.5. The van der Waals surface area contributed by atoms with Crippen LogP contribution in [0.2, 0.25) is 5.02 Å². The third-order valence-electron chi connectivity index (χ3n) is 5.15. The summed E-state index contributed by atoms with van der Waals surface area (Å²) in [4.78, 5) is 24.9. The van der Waals surface area contributed by atoms with Crippen LogP contribution in [0.4, 0.5) is 5.69 Å². The molecule has 0 aliphatic carbocycles. The van der Waals surface area contributed by atoms with Crippen molar-refractivity contribution in [3.63, 3.8) is 0 Å². The zero-order chi connectivity index (χ0) is 24.6. The molecule has 0 N–H and O–H groups in total. The topological polar surface area (TPSA) is 115 Å². The summed E-state index contributed by atoms with van der Waals surface area (Å²) in [7, 11) is -0.794. The van der Waals surface area contributed by atoms with E-state index in [1.165, 1.54) is 24.1 Å². The van der Waals surface area contributed by atoms with Gasteiger partial charge in [0.1, 0.15) is 5.02 Å². The fourth-order valence-electron chi connectivity index (χ4n) is 3.16. The predicted molar refractivity (Wildman–Crippen MR) is 124 cm³/mol. The number of sulfonamides is 1. The number of aryl methyl sites for hydroxylation is 1. The normalized spacial score (nSPS) is 11.7. The number of halogens is 1. The second-order valence-corrected chi connectivity index (χ2v) is 9.83. The van der Waals surface area contributed by atoms with Gasteiger partial charge < -0.3 is 14.2 Å². The van der Waals surface area contributed by atoms with Gasteiger partial charge in [0.25, 0.3) is 5.69 Å². The van der Waals surface area contributed by atoms with Crippen molar-refractivity contribution in [2.45, 2.75) is 31.2 Å². The summed E-state index contributed by atoms with van der Waals surface area (Å²) in [5, 5.41) is 11.1. The Hall–Kier alpha value is -2.47. The van der Waals surface area contributed by atoms with E-state index < -0.39 is 33.1 Å². The van der Waals surface area contributed by atoms with Crippen LogP contribution in [-0.2, 0) is 33.1 Å². The van der Waals surface area contributed by atoms with Gasteiger partial charge in [0.15, 0.2) is 0 Å². The summed E-state index contributed by atoms with van der Waals surface area (Å²) in [5.74, 6) is -0.392. The van der Waals surface area contributed by atoms with Crippen molar-refractivity contribution >= 4 is 33.2 Å². The predicted octanol–water partition coefficient (Wildman–Crippen LogP) is 3.05. The molecule has 0 unspecified atom stereocenters. The number of hydrogen-bond acceptors (Lipinski definition) is 6. The van der Waals surface area contributed by atoms with E-state index >= 15 is 0 Å². The molecule has 0 aliphatic rings. The standard InChI is InChI=1S/C21H29ClN4O6S/c1-4-5-11-25(33(30,31)18-8-9-19(22)20(14-18)26(28)29)16-21(27)24(12-13-32-3)15-17-7-6-10-23(17)2/h6-10,14H,4-5,11-13,15-16H2,1-3H3. The van der Waals surface area contributed by atoms with Crippen molar-refractivity contribution < 1.29 is 22.9 Å². The molecule has 10 nitrogen and oxygen atoms in total. The van der Waals surface area contributed by atoms with Crippen LogP contribution < -0.4 is 0 Å². The summed E-state index contributed by atoms with van der Waals surface area (Å²) < 4.78 is 34.7. The van der Waals surface area contributed by atoms with Gasteiger partial charge in [0.05, 0.1) is 29.5 Å². The molecule has 1 amide bonds. The van der Waals surface area contributed by atoms with E-state index in [0.29, 0.717) is 26.0 Å². The first-order valence-electron chi connectivity index (χ1n) is 10.4. The molecule has 33 heavy (non-hydrogen) atoms. The maximum atomic E-state index is 13.3. The van der Waals surface area contributed by atoms with Crippen molar-refractivity contribution in [3.8, 4) is 0 Å². The molecule has 1 heterocycles. The Kier molecular flexibility index (Phi) is 9.84. The molecule has 0 fully saturated rings. The van der Waals surface area contributed by atoms with Gasteiger partial charge in [-0.25, -0.2) is 8.42 Å². The number of unbranched alkanes of at least 4 members (excludes halogenated alkanes) is 1. The molecule has 1 aromatic heterocycles. The molecule has 1 aromatic carbocycles. The fraction of sp³-hybridized carbons (Fsp3) is 0.476. The van der Waals surface area contributed by atoms with E-state index in [-0.39, 0.29) is 23.0 Å². The number of ether oxygens (including phenoxy) is 1. The second-order valence-electron chi connectivity index (χ2n) is 7.48. The Balaban J connectivity index is 2.33. The Morgan fingerprint density at radius 2 is 2.00 bits per heavy atom. The Bertz CT molecular complexity index is 1070. The van der Waals surface area contributed by atoms with Gasteiger partial charge >= 0.3 is 0 Å². The maximum Gasteiger partial charge on any atom is 0.289 e. The van der Waals surface area contributed by atoms with Crippen LogP contribution >= 0.6 is 11.6 Å². The van der Waals surface area contributed by atoms with Crippen LogP contribution in [-0.4, -0.2) is 66.4 Å². The van der Waals surface area contributed by atoms with Gasteiger partial charge in [-0.2, -0.15) is 4.31 Å². The third kappa shape index (κ3) is 7.00. The van der Waals surface area contributed by atoms with E-state index in [1.807, 2.05) is 36.9 Å². The number of methoxy groups -OCH3 is 1. The summed E-state index contributed by atoms with van der Waals surface area (Å²) in [6.45, 7) is 2.48. The average molecular weight is 501 g/mol. The molecule has 0 aliphatic heterocycles.